The molecule has 1 N–H and O–H groups in total. The summed E-state index contributed by atoms with van der Waals surface area (Å²) in [6.45, 7) is -0.463. The third kappa shape index (κ3) is 3.96. The van der Waals surface area contributed by atoms with Crippen molar-refractivity contribution in [2.75, 3.05) is 25.2 Å². The molecular weight excluding hydrogens is 358 g/mol. The summed E-state index contributed by atoms with van der Waals surface area (Å²) in [5.41, 5.74) is 0.331. The van der Waals surface area contributed by atoms with Crippen molar-refractivity contribution in [1.29, 1.82) is 0 Å². The van der Waals surface area contributed by atoms with Gasteiger partial charge in [-0.15, -0.1) is 0 Å². The van der Waals surface area contributed by atoms with Crippen molar-refractivity contribution in [2.45, 2.75) is 12.5 Å². The van der Waals surface area contributed by atoms with Gasteiger partial charge in [0.1, 0.15) is 5.75 Å². The van der Waals surface area contributed by atoms with Crippen molar-refractivity contribution in [3.63, 3.8) is 0 Å². The summed E-state index contributed by atoms with van der Waals surface area (Å²) >= 11 is 0. The fourth-order valence-electron chi connectivity index (χ4n) is 3.01. The predicted octanol–water partition coefficient (Wildman–Crippen LogP) is 1.31. The number of sulfone groups is 1. The molecule has 1 atom stereocenters. The van der Waals surface area contributed by atoms with Gasteiger partial charge in [-0.05, 0) is 23.9 Å². The van der Waals surface area contributed by atoms with Gasteiger partial charge in [-0.1, -0.05) is 24.3 Å². The van der Waals surface area contributed by atoms with Crippen molar-refractivity contribution in [3.05, 3.63) is 42.0 Å². The maximum atomic E-state index is 12.4. The molecule has 138 valence electrons. The van der Waals surface area contributed by atoms with Gasteiger partial charge in [0.25, 0.3) is 5.91 Å². The average molecular weight is 377 g/mol. The van der Waals surface area contributed by atoms with E-state index in [0.29, 0.717) is 23.1 Å². The Labute approximate surface area is 151 Å². The van der Waals surface area contributed by atoms with Crippen molar-refractivity contribution in [3.8, 4) is 5.75 Å². The average Bonchev–Trinajstić information content (AvgIpc) is 2.97. The lowest BCUT2D eigenvalue weighted by Crippen LogP contribution is -2.38. The first kappa shape index (κ1) is 18.2. The Morgan fingerprint density at radius 3 is 2.54 bits per heavy atom. The lowest BCUT2D eigenvalue weighted by Gasteiger charge is -2.12. The topological polar surface area (TPSA) is 98.8 Å². The zero-order chi connectivity index (χ0) is 18.7. The number of amides is 1. The molecule has 0 spiro atoms. The van der Waals surface area contributed by atoms with Gasteiger partial charge in [-0.25, -0.2) is 13.2 Å². The summed E-state index contributed by atoms with van der Waals surface area (Å²) in [6.07, 6.45) is 0.380. The summed E-state index contributed by atoms with van der Waals surface area (Å²) in [6, 6.07) is 10.1. The number of esters is 1. The zero-order valence-corrected chi connectivity index (χ0v) is 15.0. The van der Waals surface area contributed by atoms with Crippen LogP contribution in [0.1, 0.15) is 16.8 Å². The highest BCUT2D eigenvalue weighted by molar-refractivity contribution is 7.91. The van der Waals surface area contributed by atoms with Crippen LogP contribution in [0.4, 0.5) is 0 Å². The Morgan fingerprint density at radius 2 is 1.88 bits per heavy atom. The van der Waals surface area contributed by atoms with Crippen LogP contribution in [0.5, 0.6) is 5.75 Å². The Bertz CT molecular complexity index is 953. The van der Waals surface area contributed by atoms with Crippen LogP contribution in [0.2, 0.25) is 0 Å². The highest BCUT2D eigenvalue weighted by Crippen LogP contribution is 2.28. The van der Waals surface area contributed by atoms with E-state index in [2.05, 4.69) is 5.32 Å². The van der Waals surface area contributed by atoms with Crippen LogP contribution in [-0.2, 0) is 19.4 Å². The first-order valence-electron chi connectivity index (χ1n) is 8.12. The van der Waals surface area contributed by atoms with E-state index in [9.17, 15) is 18.0 Å². The SMILES string of the molecule is COc1ccc(C(=O)OCC(=O)N[C@@H]2CCS(=O)(=O)C2)c2ccccc12. The second-order valence-electron chi connectivity index (χ2n) is 6.10. The van der Waals surface area contributed by atoms with Gasteiger partial charge in [-0.3, -0.25) is 4.79 Å². The molecule has 8 heteroatoms. The highest BCUT2D eigenvalue weighted by Gasteiger charge is 2.29. The zero-order valence-electron chi connectivity index (χ0n) is 14.2. The van der Waals surface area contributed by atoms with Gasteiger partial charge in [0.15, 0.2) is 16.4 Å². The quantitative estimate of drug-likeness (QED) is 0.789. The molecule has 1 amide bonds. The number of hydrogen-bond donors (Lipinski definition) is 1. The minimum absolute atomic E-state index is 0.0651. The lowest BCUT2D eigenvalue weighted by atomic mass is 10.0. The third-order valence-electron chi connectivity index (χ3n) is 4.26. The summed E-state index contributed by atoms with van der Waals surface area (Å²) in [4.78, 5) is 24.3. The molecule has 1 aliphatic heterocycles. The fraction of sp³-hybridized carbons (Fsp3) is 0.333. The molecule has 1 saturated heterocycles. The number of carbonyl (C=O) groups is 2. The summed E-state index contributed by atoms with van der Waals surface area (Å²) in [5.74, 6) is -0.514. The largest absolute Gasteiger partial charge is 0.496 e. The van der Waals surface area contributed by atoms with Crippen LogP contribution in [-0.4, -0.2) is 51.6 Å². The molecule has 0 aromatic heterocycles. The van der Waals surface area contributed by atoms with E-state index in [4.69, 9.17) is 9.47 Å². The van der Waals surface area contributed by atoms with E-state index in [-0.39, 0.29) is 11.5 Å². The first-order chi connectivity index (χ1) is 12.4. The molecule has 0 radical (unpaired) electrons. The van der Waals surface area contributed by atoms with E-state index in [1.807, 2.05) is 12.1 Å². The number of hydrogen-bond acceptors (Lipinski definition) is 6. The second-order valence-corrected chi connectivity index (χ2v) is 8.33. The second kappa shape index (κ2) is 7.33. The monoisotopic (exact) mass is 377 g/mol. The van der Waals surface area contributed by atoms with Gasteiger partial charge in [0.2, 0.25) is 0 Å². The first-order valence-corrected chi connectivity index (χ1v) is 9.94. The number of carbonyl (C=O) groups excluding carboxylic acids is 2. The third-order valence-corrected chi connectivity index (χ3v) is 6.02. The van der Waals surface area contributed by atoms with Crippen molar-refractivity contribution < 1.29 is 27.5 Å². The summed E-state index contributed by atoms with van der Waals surface area (Å²) < 4.78 is 33.2. The number of nitrogens with one attached hydrogen (secondary N) is 1. The molecule has 7 nitrogen and oxygen atoms in total. The van der Waals surface area contributed by atoms with E-state index in [0.717, 1.165) is 5.39 Å². The summed E-state index contributed by atoms with van der Waals surface area (Å²) in [7, 11) is -1.53. The number of benzene rings is 2. The minimum atomic E-state index is -3.08. The van der Waals surface area contributed by atoms with Crippen LogP contribution >= 0.6 is 0 Å². The molecular formula is C18H19NO6S. The van der Waals surface area contributed by atoms with Crippen LogP contribution < -0.4 is 10.1 Å². The molecule has 0 bridgehead atoms. The number of rotatable bonds is 5. The van der Waals surface area contributed by atoms with E-state index >= 15 is 0 Å². The van der Waals surface area contributed by atoms with Crippen LogP contribution in [0.25, 0.3) is 10.8 Å². The van der Waals surface area contributed by atoms with Gasteiger partial charge < -0.3 is 14.8 Å². The normalized spacial score (nSPS) is 18.4. The Morgan fingerprint density at radius 1 is 1.15 bits per heavy atom. The minimum Gasteiger partial charge on any atom is -0.496 e. The number of fused-ring (bicyclic) bond motifs is 1. The molecule has 1 heterocycles. The van der Waals surface area contributed by atoms with Crippen LogP contribution in [0.15, 0.2) is 36.4 Å². The molecule has 0 saturated carbocycles. The Balaban J connectivity index is 1.65. The predicted molar refractivity (Wildman–Crippen MR) is 96.0 cm³/mol. The molecule has 26 heavy (non-hydrogen) atoms. The molecule has 0 aliphatic carbocycles. The van der Waals surface area contributed by atoms with Gasteiger partial charge >= 0.3 is 5.97 Å². The number of methoxy groups -OCH3 is 1. The van der Waals surface area contributed by atoms with Crippen molar-refractivity contribution in [2.24, 2.45) is 0 Å². The lowest BCUT2D eigenvalue weighted by molar-refractivity contribution is -0.124. The number of ether oxygens (including phenoxy) is 2. The van der Waals surface area contributed by atoms with Crippen molar-refractivity contribution in [1.82, 2.24) is 5.32 Å². The van der Waals surface area contributed by atoms with E-state index < -0.39 is 34.4 Å². The Kier molecular flexibility index (Phi) is 5.13. The maximum Gasteiger partial charge on any atom is 0.339 e. The smallest absolute Gasteiger partial charge is 0.339 e. The van der Waals surface area contributed by atoms with Crippen LogP contribution in [0, 0.1) is 0 Å². The van der Waals surface area contributed by atoms with Gasteiger partial charge in [0, 0.05) is 11.4 Å². The molecule has 1 fully saturated rings. The highest BCUT2D eigenvalue weighted by atomic mass is 32.2. The molecule has 2 aromatic rings. The Hall–Kier alpha value is -2.61. The van der Waals surface area contributed by atoms with Crippen molar-refractivity contribution >= 4 is 32.5 Å². The van der Waals surface area contributed by atoms with Gasteiger partial charge in [0.05, 0.1) is 24.2 Å². The maximum absolute atomic E-state index is 12.4. The molecule has 1 aliphatic rings. The van der Waals surface area contributed by atoms with Gasteiger partial charge in [-0.2, -0.15) is 0 Å². The molecule has 3 rings (SSSR count). The molecule has 0 unspecified atom stereocenters. The summed E-state index contributed by atoms with van der Waals surface area (Å²) in [5, 5.41) is 4.02. The van der Waals surface area contributed by atoms with E-state index in [1.54, 1.807) is 31.4 Å². The standard InChI is InChI=1S/C18H19NO6S/c1-24-16-7-6-15(13-4-2-3-5-14(13)16)18(21)25-10-17(20)19-12-8-9-26(22,23)11-12/h2-7,12H,8-11H2,1H3,(H,19,20)/t12-/m1/s1. The molecule has 2 aromatic carbocycles. The fourth-order valence-corrected chi connectivity index (χ4v) is 4.69. The van der Waals surface area contributed by atoms with Crippen LogP contribution in [0.3, 0.4) is 0 Å². The van der Waals surface area contributed by atoms with E-state index in [1.165, 1.54) is 0 Å².